The number of halogens is 2. The van der Waals surface area contributed by atoms with Crippen molar-refractivity contribution in [2.45, 2.75) is 0 Å². The standard InChI is InChI=1S/C14H11Br2N3O2/c15-9-5-11(13(17)12(16)6-9)14(21)19-18-7-8-1-3-10(20)4-2-8/h1-7,20H,17H2,(H,19,21)/b18-7-. The van der Waals surface area contributed by atoms with E-state index in [9.17, 15) is 4.79 Å². The van der Waals surface area contributed by atoms with E-state index in [2.05, 4.69) is 42.4 Å². The lowest BCUT2D eigenvalue weighted by molar-refractivity contribution is 0.0956. The van der Waals surface area contributed by atoms with E-state index < -0.39 is 5.91 Å². The third-order valence-electron chi connectivity index (χ3n) is 2.61. The molecule has 0 saturated carbocycles. The van der Waals surface area contributed by atoms with E-state index in [-0.39, 0.29) is 5.75 Å². The zero-order chi connectivity index (χ0) is 15.4. The number of nitrogens with one attached hydrogen (secondary N) is 1. The summed E-state index contributed by atoms with van der Waals surface area (Å²) in [5.41, 5.74) is 9.66. The molecule has 0 aromatic heterocycles. The van der Waals surface area contributed by atoms with Gasteiger partial charge in [0.15, 0.2) is 0 Å². The lowest BCUT2D eigenvalue weighted by Gasteiger charge is -2.07. The Hall–Kier alpha value is -1.86. The van der Waals surface area contributed by atoms with E-state index in [0.29, 0.717) is 15.7 Å². The van der Waals surface area contributed by atoms with Gasteiger partial charge in [-0.15, -0.1) is 0 Å². The Morgan fingerprint density at radius 2 is 1.90 bits per heavy atom. The molecule has 108 valence electrons. The van der Waals surface area contributed by atoms with Crippen molar-refractivity contribution >= 4 is 49.7 Å². The van der Waals surface area contributed by atoms with Crippen molar-refractivity contribution in [1.29, 1.82) is 0 Å². The molecule has 0 heterocycles. The van der Waals surface area contributed by atoms with Crippen LogP contribution < -0.4 is 11.2 Å². The Morgan fingerprint density at radius 1 is 1.24 bits per heavy atom. The molecule has 2 aromatic rings. The summed E-state index contributed by atoms with van der Waals surface area (Å²) in [4.78, 5) is 12.0. The topological polar surface area (TPSA) is 87.7 Å². The summed E-state index contributed by atoms with van der Waals surface area (Å²) < 4.78 is 1.36. The van der Waals surface area contributed by atoms with Gasteiger partial charge < -0.3 is 10.8 Å². The molecule has 0 aliphatic rings. The largest absolute Gasteiger partial charge is 0.508 e. The predicted molar refractivity (Wildman–Crippen MR) is 89.4 cm³/mol. The van der Waals surface area contributed by atoms with Gasteiger partial charge in [0.25, 0.3) is 5.91 Å². The van der Waals surface area contributed by atoms with E-state index in [4.69, 9.17) is 10.8 Å². The Bertz CT molecular complexity index is 700. The van der Waals surface area contributed by atoms with Crippen LogP contribution in [-0.2, 0) is 0 Å². The molecule has 21 heavy (non-hydrogen) atoms. The van der Waals surface area contributed by atoms with Gasteiger partial charge in [-0.2, -0.15) is 5.10 Å². The van der Waals surface area contributed by atoms with Crippen LogP contribution >= 0.6 is 31.9 Å². The average Bonchev–Trinajstić information content (AvgIpc) is 2.44. The van der Waals surface area contributed by atoms with Crippen molar-refractivity contribution in [2.75, 3.05) is 5.73 Å². The van der Waals surface area contributed by atoms with Crippen molar-refractivity contribution in [3.05, 3.63) is 56.5 Å². The van der Waals surface area contributed by atoms with Crippen LogP contribution in [0, 0.1) is 0 Å². The van der Waals surface area contributed by atoms with Gasteiger partial charge in [-0.3, -0.25) is 4.79 Å². The molecule has 0 unspecified atom stereocenters. The summed E-state index contributed by atoms with van der Waals surface area (Å²) in [6.07, 6.45) is 1.47. The van der Waals surface area contributed by atoms with Crippen molar-refractivity contribution in [3.8, 4) is 5.75 Å². The van der Waals surface area contributed by atoms with Gasteiger partial charge in [0.2, 0.25) is 0 Å². The quantitative estimate of drug-likeness (QED) is 0.410. The molecule has 1 amide bonds. The SMILES string of the molecule is Nc1c(Br)cc(Br)cc1C(=O)N/N=C\c1ccc(O)cc1. The number of hydrogen-bond acceptors (Lipinski definition) is 4. The number of phenols is 1. The second kappa shape index (κ2) is 6.73. The zero-order valence-electron chi connectivity index (χ0n) is 10.7. The molecule has 0 saturated heterocycles. The van der Waals surface area contributed by atoms with Gasteiger partial charge in [-0.25, -0.2) is 5.43 Å². The molecule has 5 nitrogen and oxygen atoms in total. The number of rotatable bonds is 3. The number of anilines is 1. The van der Waals surface area contributed by atoms with E-state index in [1.54, 1.807) is 24.3 Å². The third-order valence-corrected chi connectivity index (χ3v) is 3.73. The molecule has 0 fully saturated rings. The molecule has 7 heteroatoms. The number of amides is 1. The first-order chi connectivity index (χ1) is 9.97. The van der Waals surface area contributed by atoms with Gasteiger partial charge in [0.1, 0.15) is 5.75 Å². The highest BCUT2D eigenvalue weighted by Crippen LogP contribution is 2.28. The first-order valence-electron chi connectivity index (χ1n) is 5.84. The highest BCUT2D eigenvalue weighted by Gasteiger charge is 2.12. The Balaban J connectivity index is 2.10. The molecule has 0 atom stereocenters. The predicted octanol–water partition coefficient (Wildman–Crippen LogP) is 3.26. The number of carbonyl (C=O) groups excluding carboxylic acids is 1. The third kappa shape index (κ3) is 4.05. The minimum atomic E-state index is -0.412. The van der Waals surface area contributed by atoms with Crippen LogP contribution in [0.3, 0.4) is 0 Å². The summed E-state index contributed by atoms with van der Waals surface area (Å²) in [5, 5.41) is 13.0. The van der Waals surface area contributed by atoms with Gasteiger partial charge in [-0.05, 0) is 57.9 Å². The first kappa shape index (κ1) is 15.5. The number of nitrogens with two attached hydrogens (primary N) is 1. The van der Waals surface area contributed by atoms with Crippen molar-refractivity contribution < 1.29 is 9.90 Å². The van der Waals surface area contributed by atoms with Crippen molar-refractivity contribution in [1.82, 2.24) is 5.43 Å². The molecule has 0 aliphatic heterocycles. The highest BCUT2D eigenvalue weighted by atomic mass is 79.9. The molecule has 2 rings (SSSR count). The fraction of sp³-hybridized carbons (Fsp3) is 0. The lowest BCUT2D eigenvalue weighted by Crippen LogP contribution is -2.19. The van der Waals surface area contributed by atoms with Crippen LogP contribution in [0.25, 0.3) is 0 Å². The number of phenolic OH excluding ortho intramolecular Hbond substituents is 1. The number of benzene rings is 2. The fourth-order valence-electron chi connectivity index (χ4n) is 1.56. The monoisotopic (exact) mass is 411 g/mol. The van der Waals surface area contributed by atoms with Crippen LogP contribution in [0.4, 0.5) is 5.69 Å². The molecule has 4 N–H and O–H groups in total. The Morgan fingerprint density at radius 3 is 2.57 bits per heavy atom. The van der Waals surface area contributed by atoms with E-state index in [0.717, 1.165) is 10.0 Å². The number of nitrogens with zero attached hydrogens (tertiary/aromatic N) is 1. The Labute approximate surface area is 138 Å². The first-order valence-corrected chi connectivity index (χ1v) is 7.43. The summed E-state index contributed by atoms with van der Waals surface area (Å²) >= 11 is 6.58. The maximum Gasteiger partial charge on any atom is 0.273 e. The number of aromatic hydroxyl groups is 1. The van der Waals surface area contributed by atoms with E-state index >= 15 is 0 Å². The fourth-order valence-corrected chi connectivity index (χ4v) is 2.78. The second-order valence-corrected chi connectivity index (χ2v) is 5.91. The van der Waals surface area contributed by atoms with Gasteiger partial charge in [-0.1, -0.05) is 15.9 Å². The molecular formula is C14H11Br2N3O2. The molecular weight excluding hydrogens is 402 g/mol. The summed E-state index contributed by atoms with van der Waals surface area (Å²) in [6, 6.07) is 9.79. The summed E-state index contributed by atoms with van der Waals surface area (Å²) in [7, 11) is 0. The maximum atomic E-state index is 12.0. The van der Waals surface area contributed by atoms with Crippen LogP contribution in [0.15, 0.2) is 50.4 Å². The average molecular weight is 413 g/mol. The van der Waals surface area contributed by atoms with Crippen LogP contribution in [0.1, 0.15) is 15.9 Å². The molecule has 2 aromatic carbocycles. The molecule has 0 aliphatic carbocycles. The molecule has 0 radical (unpaired) electrons. The summed E-state index contributed by atoms with van der Waals surface area (Å²) in [5.74, 6) is -0.243. The molecule has 0 spiro atoms. The smallest absolute Gasteiger partial charge is 0.273 e. The number of hydrazone groups is 1. The van der Waals surface area contributed by atoms with Crippen molar-refractivity contribution in [2.24, 2.45) is 5.10 Å². The normalized spacial score (nSPS) is 10.8. The number of hydrogen-bond donors (Lipinski definition) is 3. The molecule has 0 bridgehead atoms. The highest BCUT2D eigenvalue weighted by molar-refractivity contribution is 9.11. The minimum absolute atomic E-state index is 0.169. The van der Waals surface area contributed by atoms with Crippen LogP contribution in [0.5, 0.6) is 5.75 Å². The van der Waals surface area contributed by atoms with Gasteiger partial charge in [0.05, 0.1) is 17.5 Å². The summed E-state index contributed by atoms with van der Waals surface area (Å²) in [6.45, 7) is 0. The zero-order valence-corrected chi connectivity index (χ0v) is 13.8. The number of nitrogen functional groups attached to an aromatic ring is 1. The Kier molecular flexibility index (Phi) is 4.98. The number of carbonyl (C=O) groups is 1. The van der Waals surface area contributed by atoms with Crippen LogP contribution in [-0.4, -0.2) is 17.2 Å². The maximum absolute atomic E-state index is 12.0. The van der Waals surface area contributed by atoms with E-state index in [1.807, 2.05) is 0 Å². The lowest BCUT2D eigenvalue weighted by atomic mass is 10.2. The van der Waals surface area contributed by atoms with Gasteiger partial charge >= 0.3 is 0 Å². The second-order valence-electron chi connectivity index (χ2n) is 4.14. The minimum Gasteiger partial charge on any atom is -0.508 e. The van der Waals surface area contributed by atoms with Crippen LogP contribution in [0.2, 0.25) is 0 Å². The van der Waals surface area contributed by atoms with E-state index in [1.165, 1.54) is 18.3 Å². The van der Waals surface area contributed by atoms with Gasteiger partial charge in [0, 0.05) is 8.95 Å². The van der Waals surface area contributed by atoms with Crippen molar-refractivity contribution in [3.63, 3.8) is 0 Å².